The number of halogens is 3. The van der Waals surface area contributed by atoms with Crippen LogP contribution in [0, 0.1) is 5.92 Å². The summed E-state index contributed by atoms with van der Waals surface area (Å²) in [7, 11) is 0. The van der Waals surface area contributed by atoms with Gasteiger partial charge in [0, 0.05) is 6.04 Å². The molecule has 2 N–H and O–H groups in total. The minimum absolute atomic E-state index is 0.0771. The van der Waals surface area contributed by atoms with E-state index in [-0.39, 0.29) is 12.8 Å². The molecule has 1 rings (SSSR count). The second kappa shape index (κ2) is 3.76. The summed E-state index contributed by atoms with van der Waals surface area (Å²) in [6.45, 7) is 1.47. The van der Waals surface area contributed by atoms with Crippen LogP contribution in [0.3, 0.4) is 0 Å². The number of nitrogens with one attached hydrogen (secondary N) is 1. The van der Waals surface area contributed by atoms with Gasteiger partial charge in [-0.25, -0.2) is 0 Å². The van der Waals surface area contributed by atoms with Gasteiger partial charge in [0.15, 0.2) is 0 Å². The Balaban J connectivity index is 2.60. The Morgan fingerprint density at radius 3 is 2.36 bits per heavy atom. The Kier molecular flexibility index (Phi) is 3.04. The molecule has 14 heavy (non-hydrogen) atoms. The molecule has 0 aromatic rings. The maximum Gasteiger partial charge on any atom is 0.403 e. The highest BCUT2D eigenvalue weighted by Gasteiger charge is 2.44. The van der Waals surface area contributed by atoms with Gasteiger partial charge in [0.2, 0.25) is 0 Å². The third-order valence-electron chi connectivity index (χ3n) is 2.55. The van der Waals surface area contributed by atoms with Gasteiger partial charge in [-0.3, -0.25) is 4.79 Å². The number of carboxylic acid groups (broad SMARTS) is 1. The molecule has 0 amide bonds. The van der Waals surface area contributed by atoms with E-state index in [1.165, 1.54) is 6.92 Å². The molecule has 6 heteroatoms. The molecule has 1 aliphatic rings. The first-order valence-electron chi connectivity index (χ1n) is 4.38. The number of hydrogen-bond donors (Lipinski definition) is 2. The summed E-state index contributed by atoms with van der Waals surface area (Å²) >= 11 is 0. The van der Waals surface area contributed by atoms with E-state index in [0.717, 1.165) is 0 Å². The van der Waals surface area contributed by atoms with Gasteiger partial charge in [-0.1, -0.05) is 0 Å². The zero-order valence-electron chi connectivity index (χ0n) is 7.64. The zero-order chi connectivity index (χ0) is 10.9. The van der Waals surface area contributed by atoms with Crippen molar-refractivity contribution in [3.8, 4) is 0 Å². The molecular weight excluding hydrogens is 199 g/mol. The van der Waals surface area contributed by atoms with Crippen LogP contribution in [-0.2, 0) is 4.79 Å². The van der Waals surface area contributed by atoms with E-state index in [0.29, 0.717) is 0 Å². The van der Waals surface area contributed by atoms with Crippen molar-refractivity contribution in [2.24, 2.45) is 5.92 Å². The molecule has 1 heterocycles. The van der Waals surface area contributed by atoms with Gasteiger partial charge in [-0.2, -0.15) is 13.2 Å². The summed E-state index contributed by atoms with van der Waals surface area (Å²) in [6.07, 6.45) is -4.36. The van der Waals surface area contributed by atoms with Crippen LogP contribution in [-0.4, -0.2) is 29.3 Å². The van der Waals surface area contributed by atoms with Crippen molar-refractivity contribution in [3.63, 3.8) is 0 Å². The van der Waals surface area contributed by atoms with Crippen LogP contribution >= 0.6 is 0 Å². The highest BCUT2D eigenvalue weighted by atomic mass is 19.4. The SMILES string of the molecule is CC1NC(C(F)(F)F)CCC1C(=O)O. The van der Waals surface area contributed by atoms with E-state index >= 15 is 0 Å². The highest BCUT2D eigenvalue weighted by molar-refractivity contribution is 5.71. The molecule has 0 aliphatic carbocycles. The normalized spacial score (nSPS) is 34.1. The number of rotatable bonds is 1. The smallest absolute Gasteiger partial charge is 0.403 e. The Hall–Kier alpha value is -0.780. The number of piperidine rings is 1. The molecule has 0 aromatic carbocycles. The standard InChI is InChI=1S/C8H12F3NO2/c1-4-5(7(13)14)2-3-6(12-4)8(9,10)11/h4-6,12H,2-3H2,1H3,(H,13,14). The van der Waals surface area contributed by atoms with Gasteiger partial charge in [-0.05, 0) is 19.8 Å². The molecule has 3 nitrogen and oxygen atoms in total. The van der Waals surface area contributed by atoms with Crippen molar-refractivity contribution in [2.45, 2.75) is 38.0 Å². The lowest BCUT2D eigenvalue weighted by Gasteiger charge is -2.34. The third-order valence-corrected chi connectivity index (χ3v) is 2.55. The Labute approximate surface area is 79.3 Å². The molecule has 1 saturated heterocycles. The maximum atomic E-state index is 12.2. The van der Waals surface area contributed by atoms with Crippen LogP contribution in [0.15, 0.2) is 0 Å². The maximum absolute atomic E-state index is 12.2. The van der Waals surface area contributed by atoms with Gasteiger partial charge in [-0.15, -0.1) is 0 Å². The first-order valence-corrected chi connectivity index (χ1v) is 4.38. The summed E-state index contributed by atoms with van der Waals surface area (Å²) in [5, 5.41) is 11.0. The number of alkyl halides is 3. The predicted octanol–water partition coefficient (Wildman–Crippen LogP) is 1.39. The van der Waals surface area contributed by atoms with E-state index in [9.17, 15) is 18.0 Å². The average molecular weight is 211 g/mol. The molecule has 0 aromatic heterocycles. The average Bonchev–Trinajstić information content (AvgIpc) is 2.01. The monoisotopic (exact) mass is 211 g/mol. The fourth-order valence-electron chi connectivity index (χ4n) is 1.71. The molecule has 0 saturated carbocycles. The largest absolute Gasteiger partial charge is 0.481 e. The van der Waals surface area contributed by atoms with Crippen LogP contribution in [0.4, 0.5) is 13.2 Å². The highest BCUT2D eigenvalue weighted by Crippen LogP contribution is 2.30. The van der Waals surface area contributed by atoms with E-state index in [2.05, 4.69) is 5.32 Å². The molecule has 1 aliphatic heterocycles. The zero-order valence-corrected chi connectivity index (χ0v) is 7.64. The quantitative estimate of drug-likeness (QED) is 0.689. The lowest BCUT2D eigenvalue weighted by atomic mass is 9.88. The molecule has 3 atom stereocenters. The van der Waals surface area contributed by atoms with Gasteiger partial charge in [0.05, 0.1) is 5.92 Å². The van der Waals surface area contributed by atoms with Crippen molar-refractivity contribution in [2.75, 3.05) is 0 Å². The molecule has 82 valence electrons. The summed E-state index contributed by atoms with van der Waals surface area (Å²) in [4.78, 5) is 10.6. The number of carbonyl (C=O) groups is 1. The van der Waals surface area contributed by atoms with Crippen LogP contribution < -0.4 is 5.32 Å². The van der Waals surface area contributed by atoms with Crippen molar-refractivity contribution in [1.29, 1.82) is 0 Å². The van der Waals surface area contributed by atoms with Crippen molar-refractivity contribution in [1.82, 2.24) is 5.32 Å². The van der Waals surface area contributed by atoms with Crippen molar-refractivity contribution in [3.05, 3.63) is 0 Å². The Bertz CT molecular complexity index is 229. The topological polar surface area (TPSA) is 49.3 Å². The summed E-state index contributed by atoms with van der Waals surface area (Å²) in [5.74, 6) is -1.75. The van der Waals surface area contributed by atoms with Gasteiger partial charge in [0.1, 0.15) is 6.04 Å². The van der Waals surface area contributed by atoms with Crippen LogP contribution in [0.2, 0.25) is 0 Å². The summed E-state index contributed by atoms with van der Waals surface area (Å²) in [6, 6.07) is -2.19. The van der Waals surface area contributed by atoms with E-state index < -0.39 is 30.1 Å². The van der Waals surface area contributed by atoms with Gasteiger partial charge < -0.3 is 10.4 Å². The second-order valence-corrected chi connectivity index (χ2v) is 3.57. The molecule has 0 radical (unpaired) electrons. The fraction of sp³-hybridized carbons (Fsp3) is 0.875. The molecule has 1 fully saturated rings. The minimum atomic E-state index is -4.28. The predicted molar refractivity (Wildman–Crippen MR) is 42.8 cm³/mol. The number of carboxylic acids is 1. The lowest BCUT2D eigenvalue weighted by Crippen LogP contribution is -2.54. The molecule has 0 spiro atoms. The summed E-state index contributed by atoms with van der Waals surface area (Å²) in [5.41, 5.74) is 0. The summed E-state index contributed by atoms with van der Waals surface area (Å²) < 4.78 is 36.7. The van der Waals surface area contributed by atoms with Crippen LogP contribution in [0.5, 0.6) is 0 Å². The van der Waals surface area contributed by atoms with E-state index in [1.54, 1.807) is 0 Å². The number of hydrogen-bond acceptors (Lipinski definition) is 2. The van der Waals surface area contributed by atoms with E-state index in [1.807, 2.05) is 0 Å². The molecular formula is C8H12F3NO2. The van der Waals surface area contributed by atoms with Crippen LogP contribution in [0.25, 0.3) is 0 Å². The van der Waals surface area contributed by atoms with Gasteiger partial charge in [0.25, 0.3) is 0 Å². The Morgan fingerprint density at radius 2 is 2.00 bits per heavy atom. The first-order chi connectivity index (χ1) is 6.32. The Morgan fingerprint density at radius 1 is 1.43 bits per heavy atom. The van der Waals surface area contributed by atoms with Crippen molar-refractivity contribution < 1.29 is 23.1 Å². The molecule has 3 unspecified atom stereocenters. The lowest BCUT2D eigenvalue weighted by molar-refractivity contribution is -0.170. The van der Waals surface area contributed by atoms with E-state index in [4.69, 9.17) is 5.11 Å². The number of aliphatic carboxylic acids is 1. The first kappa shape index (κ1) is 11.3. The minimum Gasteiger partial charge on any atom is -0.481 e. The fourth-order valence-corrected chi connectivity index (χ4v) is 1.71. The van der Waals surface area contributed by atoms with Crippen molar-refractivity contribution >= 4 is 5.97 Å². The van der Waals surface area contributed by atoms with Crippen LogP contribution in [0.1, 0.15) is 19.8 Å². The molecule has 0 bridgehead atoms. The van der Waals surface area contributed by atoms with Gasteiger partial charge >= 0.3 is 12.1 Å². The third kappa shape index (κ3) is 2.37. The second-order valence-electron chi connectivity index (χ2n) is 3.57.